The number of pyridine rings is 1. The topological polar surface area (TPSA) is 87.5 Å². The van der Waals surface area contributed by atoms with Gasteiger partial charge < -0.3 is 10.2 Å². The average molecular weight is 219 g/mol. The van der Waals surface area contributed by atoms with Gasteiger partial charge in [0.05, 0.1) is 11.4 Å². The summed E-state index contributed by atoms with van der Waals surface area (Å²) < 4.78 is 0. The molecule has 0 fully saturated rings. The van der Waals surface area contributed by atoms with Crippen molar-refractivity contribution in [3.8, 4) is 0 Å². The molecule has 0 aliphatic carbocycles. The highest BCUT2D eigenvalue weighted by molar-refractivity contribution is 5.85. The molecule has 1 rings (SSSR count). The number of rotatable bonds is 4. The summed E-state index contributed by atoms with van der Waals surface area (Å²) in [6, 6.07) is 4.91. The smallest absolute Gasteiger partial charge is 0.328 e. The standard InChI is InChI=1S/C11H9NO4/c13-10(14)6-4-8-2-1-3-9(12-8)5-7-11(15)16/h1-7H,(H,13,14)(H,15,16)/b6-4+,7-5+. The second-order valence-electron chi connectivity index (χ2n) is 2.83. The van der Waals surface area contributed by atoms with Gasteiger partial charge in [0.2, 0.25) is 0 Å². The van der Waals surface area contributed by atoms with Crippen molar-refractivity contribution < 1.29 is 19.8 Å². The third-order valence-corrected chi connectivity index (χ3v) is 1.59. The number of carboxylic acids is 2. The lowest BCUT2D eigenvalue weighted by Gasteiger charge is -1.94. The molecule has 1 heterocycles. The molecule has 82 valence electrons. The summed E-state index contributed by atoms with van der Waals surface area (Å²) in [4.78, 5) is 24.5. The van der Waals surface area contributed by atoms with Crippen molar-refractivity contribution in [2.45, 2.75) is 0 Å². The molecule has 0 aromatic carbocycles. The molecule has 0 aliphatic rings. The molecule has 0 unspecified atom stereocenters. The van der Waals surface area contributed by atoms with Crippen LogP contribution in [0.4, 0.5) is 0 Å². The van der Waals surface area contributed by atoms with E-state index in [1.54, 1.807) is 18.2 Å². The summed E-state index contributed by atoms with van der Waals surface area (Å²) in [5, 5.41) is 16.8. The third-order valence-electron chi connectivity index (χ3n) is 1.59. The van der Waals surface area contributed by atoms with Crippen LogP contribution in [-0.4, -0.2) is 27.1 Å². The van der Waals surface area contributed by atoms with E-state index < -0.39 is 11.9 Å². The predicted octanol–water partition coefficient (Wildman–Crippen LogP) is 1.28. The first-order valence-electron chi connectivity index (χ1n) is 4.37. The molecule has 0 saturated carbocycles. The number of carboxylic acid groups (broad SMARTS) is 2. The van der Waals surface area contributed by atoms with Crippen molar-refractivity contribution in [2.24, 2.45) is 0 Å². The van der Waals surface area contributed by atoms with E-state index in [4.69, 9.17) is 10.2 Å². The van der Waals surface area contributed by atoms with Crippen LogP contribution in [-0.2, 0) is 9.59 Å². The first-order valence-corrected chi connectivity index (χ1v) is 4.37. The highest BCUT2D eigenvalue weighted by Gasteiger charge is 1.94. The van der Waals surface area contributed by atoms with Crippen LogP contribution in [0.15, 0.2) is 30.4 Å². The van der Waals surface area contributed by atoms with E-state index in [9.17, 15) is 9.59 Å². The first kappa shape index (κ1) is 11.6. The minimum atomic E-state index is -1.06. The molecule has 0 atom stereocenters. The Morgan fingerprint density at radius 3 is 1.81 bits per heavy atom. The summed E-state index contributed by atoms with van der Waals surface area (Å²) in [6.45, 7) is 0. The maximum atomic E-state index is 10.3. The van der Waals surface area contributed by atoms with E-state index in [1.807, 2.05) is 0 Å². The number of hydrogen-bond donors (Lipinski definition) is 2. The summed E-state index contributed by atoms with van der Waals surface area (Å²) in [7, 11) is 0. The maximum absolute atomic E-state index is 10.3. The van der Waals surface area contributed by atoms with Gasteiger partial charge in [0.15, 0.2) is 0 Å². The van der Waals surface area contributed by atoms with Crippen molar-refractivity contribution in [3.05, 3.63) is 41.7 Å². The largest absolute Gasteiger partial charge is 0.478 e. The van der Waals surface area contributed by atoms with Crippen LogP contribution in [0.25, 0.3) is 12.2 Å². The molecule has 0 bridgehead atoms. The van der Waals surface area contributed by atoms with E-state index in [1.165, 1.54) is 12.2 Å². The molecule has 16 heavy (non-hydrogen) atoms. The second-order valence-corrected chi connectivity index (χ2v) is 2.83. The minimum Gasteiger partial charge on any atom is -0.478 e. The second kappa shape index (κ2) is 5.45. The lowest BCUT2D eigenvalue weighted by Crippen LogP contribution is -1.90. The zero-order valence-corrected chi connectivity index (χ0v) is 8.20. The maximum Gasteiger partial charge on any atom is 0.328 e. The zero-order chi connectivity index (χ0) is 12.0. The van der Waals surface area contributed by atoms with Crippen molar-refractivity contribution in [2.75, 3.05) is 0 Å². The predicted molar refractivity (Wildman–Crippen MR) is 57.6 cm³/mol. The Morgan fingerprint density at radius 1 is 1.00 bits per heavy atom. The van der Waals surface area contributed by atoms with Gasteiger partial charge in [0.1, 0.15) is 0 Å². The third kappa shape index (κ3) is 4.19. The molecular weight excluding hydrogens is 210 g/mol. The minimum absolute atomic E-state index is 0.454. The first-order chi connectivity index (χ1) is 7.58. The molecule has 0 spiro atoms. The number of hydrogen-bond acceptors (Lipinski definition) is 3. The van der Waals surface area contributed by atoms with Crippen LogP contribution in [0.5, 0.6) is 0 Å². The van der Waals surface area contributed by atoms with Crippen LogP contribution in [0, 0.1) is 0 Å². The Kier molecular flexibility index (Phi) is 3.97. The fraction of sp³-hybridized carbons (Fsp3) is 0. The van der Waals surface area contributed by atoms with Gasteiger partial charge in [0, 0.05) is 12.2 Å². The zero-order valence-electron chi connectivity index (χ0n) is 8.20. The van der Waals surface area contributed by atoms with Crippen LogP contribution >= 0.6 is 0 Å². The fourth-order valence-electron chi connectivity index (χ4n) is 0.968. The van der Waals surface area contributed by atoms with E-state index >= 15 is 0 Å². The molecule has 1 aromatic heterocycles. The number of aliphatic carboxylic acids is 2. The normalized spacial score (nSPS) is 11.0. The Morgan fingerprint density at radius 2 is 1.44 bits per heavy atom. The van der Waals surface area contributed by atoms with Gasteiger partial charge in [-0.25, -0.2) is 14.6 Å². The van der Waals surface area contributed by atoms with E-state index in [2.05, 4.69) is 4.98 Å². The quantitative estimate of drug-likeness (QED) is 0.744. The molecule has 5 nitrogen and oxygen atoms in total. The Labute approximate surface area is 91.4 Å². The van der Waals surface area contributed by atoms with Crippen LogP contribution < -0.4 is 0 Å². The monoisotopic (exact) mass is 219 g/mol. The van der Waals surface area contributed by atoms with Gasteiger partial charge in [-0.2, -0.15) is 0 Å². The molecule has 0 aliphatic heterocycles. The molecule has 0 saturated heterocycles. The SMILES string of the molecule is O=C(O)/C=C/c1cccc(/C=C/C(=O)O)n1. The van der Waals surface area contributed by atoms with Gasteiger partial charge in [-0.05, 0) is 24.3 Å². The van der Waals surface area contributed by atoms with Gasteiger partial charge in [-0.15, -0.1) is 0 Å². The van der Waals surface area contributed by atoms with Crippen molar-refractivity contribution in [3.63, 3.8) is 0 Å². The molecule has 2 N–H and O–H groups in total. The van der Waals surface area contributed by atoms with Gasteiger partial charge in [-0.1, -0.05) is 6.07 Å². The average Bonchev–Trinajstić information content (AvgIpc) is 2.24. The van der Waals surface area contributed by atoms with Gasteiger partial charge in [-0.3, -0.25) is 0 Å². The highest BCUT2D eigenvalue weighted by atomic mass is 16.4. The Hall–Kier alpha value is -2.43. The molecular formula is C11H9NO4. The number of nitrogens with zero attached hydrogens (tertiary/aromatic N) is 1. The highest BCUT2D eigenvalue weighted by Crippen LogP contribution is 2.03. The summed E-state index contributed by atoms with van der Waals surface area (Å²) in [6.07, 6.45) is 4.60. The van der Waals surface area contributed by atoms with Crippen LogP contribution in [0.1, 0.15) is 11.4 Å². The van der Waals surface area contributed by atoms with Gasteiger partial charge in [0.25, 0.3) is 0 Å². The van der Waals surface area contributed by atoms with Crippen molar-refractivity contribution in [1.82, 2.24) is 4.98 Å². The summed E-state index contributed by atoms with van der Waals surface area (Å²) in [5.41, 5.74) is 0.907. The molecule has 0 radical (unpaired) electrons. The molecule has 1 aromatic rings. The van der Waals surface area contributed by atoms with Crippen molar-refractivity contribution >= 4 is 24.1 Å². The van der Waals surface area contributed by atoms with E-state index in [0.29, 0.717) is 11.4 Å². The van der Waals surface area contributed by atoms with E-state index in [0.717, 1.165) is 12.2 Å². The Balaban J connectivity index is 2.87. The Bertz CT molecular complexity index is 424. The lowest BCUT2D eigenvalue weighted by atomic mass is 10.2. The summed E-state index contributed by atoms with van der Waals surface area (Å²) in [5.74, 6) is -2.12. The molecule has 5 heteroatoms. The van der Waals surface area contributed by atoms with Gasteiger partial charge >= 0.3 is 11.9 Å². The fourth-order valence-corrected chi connectivity index (χ4v) is 0.968. The van der Waals surface area contributed by atoms with Crippen LogP contribution in [0.2, 0.25) is 0 Å². The summed E-state index contributed by atoms with van der Waals surface area (Å²) >= 11 is 0. The van der Waals surface area contributed by atoms with E-state index in [-0.39, 0.29) is 0 Å². The number of aromatic nitrogens is 1. The lowest BCUT2D eigenvalue weighted by molar-refractivity contribution is -0.132. The van der Waals surface area contributed by atoms with Crippen LogP contribution in [0.3, 0.4) is 0 Å². The molecule has 0 amide bonds. The van der Waals surface area contributed by atoms with Crippen molar-refractivity contribution in [1.29, 1.82) is 0 Å². The number of carbonyl (C=O) groups is 2.